The number of hydrogen-bond donors (Lipinski definition) is 1. The molecule has 0 radical (unpaired) electrons. The normalized spacial score (nSPS) is 15.1. The molecule has 1 N–H and O–H groups in total. The molecule has 2 nitrogen and oxygen atoms in total. The summed E-state index contributed by atoms with van der Waals surface area (Å²) in [5.41, 5.74) is 2.45. The van der Waals surface area contributed by atoms with Crippen LogP contribution in [0.2, 0.25) is 0 Å². The molecule has 0 atom stereocenters. The summed E-state index contributed by atoms with van der Waals surface area (Å²) in [6.45, 7) is 0.911. The van der Waals surface area contributed by atoms with E-state index in [4.69, 9.17) is 4.42 Å². The Bertz CT molecular complexity index is 516. The molecule has 1 aliphatic rings. The van der Waals surface area contributed by atoms with Crippen molar-refractivity contribution in [1.29, 1.82) is 0 Å². The van der Waals surface area contributed by atoms with Gasteiger partial charge in [0.05, 0.1) is 10.7 Å². The summed E-state index contributed by atoms with van der Waals surface area (Å²) in [5, 5.41) is 3.54. The first-order valence-electron chi connectivity index (χ1n) is 5.89. The fourth-order valence-corrected chi connectivity index (χ4v) is 2.34. The van der Waals surface area contributed by atoms with Gasteiger partial charge < -0.3 is 9.73 Å². The zero-order valence-corrected chi connectivity index (χ0v) is 11.0. The van der Waals surface area contributed by atoms with Crippen molar-refractivity contribution < 1.29 is 4.42 Å². The van der Waals surface area contributed by atoms with E-state index >= 15 is 0 Å². The van der Waals surface area contributed by atoms with E-state index in [1.165, 1.54) is 18.4 Å². The second-order valence-electron chi connectivity index (χ2n) is 4.41. The zero-order valence-electron chi connectivity index (χ0n) is 9.45. The molecule has 0 saturated heterocycles. The molecular formula is C14H14BrNO. The summed E-state index contributed by atoms with van der Waals surface area (Å²) in [7, 11) is 0. The van der Waals surface area contributed by atoms with Crippen LogP contribution in [0.15, 0.2) is 45.5 Å². The molecule has 0 unspecified atom stereocenters. The third kappa shape index (κ3) is 2.45. The topological polar surface area (TPSA) is 25.2 Å². The Labute approximate surface area is 109 Å². The maximum Gasteiger partial charge on any atom is 0.148 e. The molecule has 1 aliphatic carbocycles. The lowest BCUT2D eigenvalue weighted by atomic mass is 10.1. The van der Waals surface area contributed by atoms with Gasteiger partial charge in [0.1, 0.15) is 5.76 Å². The van der Waals surface area contributed by atoms with E-state index in [1.54, 1.807) is 6.26 Å². The monoisotopic (exact) mass is 291 g/mol. The standard InChI is InChI=1S/C14H14BrNO/c15-13-7-8-17-14(13)12-4-2-1-3-10(12)9-16-11-5-6-11/h1-4,7-8,11,16H,5-6,9H2. The van der Waals surface area contributed by atoms with Crippen molar-refractivity contribution in [3.8, 4) is 11.3 Å². The molecule has 1 aromatic heterocycles. The quantitative estimate of drug-likeness (QED) is 0.922. The van der Waals surface area contributed by atoms with Crippen molar-refractivity contribution in [2.24, 2.45) is 0 Å². The fraction of sp³-hybridized carbons (Fsp3) is 0.286. The van der Waals surface area contributed by atoms with Crippen molar-refractivity contribution in [2.45, 2.75) is 25.4 Å². The Morgan fingerprint density at radius 2 is 2.06 bits per heavy atom. The SMILES string of the molecule is Brc1ccoc1-c1ccccc1CNC1CC1. The molecular weight excluding hydrogens is 278 g/mol. The Balaban J connectivity index is 1.89. The molecule has 0 bridgehead atoms. The number of benzene rings is 1. The minimum absolute atomic E-state index is 0.725. The third-order valence-corrected chi connectivity index (χ3v) is 3.66. The molecule has 88 valence electrons. The molecule has 17 heavy (non-hydrogen) atoms. The lowest BCUT2D eigenvalue weighted by Gasteiger charge is -2.08. The molecule has 2 aromatic rings. The maximum atomic E-state index is 5.54. The summed E-state index contributed by atoms with van der Waals surface area (Å²) < 4.78 is 6.55. The number of hydrogen-bond acceptors (Lipinski definition) is 2. The second kappa shape index (κ2) is 4.67. The van der Waals surface area contributed by atoms with Crippen LogP contribution < -0.4 is 5.32 Å². The lowest BCUT2D eigenvalue weighted by molar-refractivity contribution is 0.579. The first-order chi connectivity index (χ1) is 8.34. The number of halogens is 1. The van der Waals surface area contributed by atoms with E-state index in [-0.39, 0.29) is 0 Å². The first kappa shape index (κ1) is 11.1. The van der Waals surface area contributed by atoms with E-state index in [2.05, 4.69) is 39.4 Å². The third-order valence-electron chi connectivity index (χ3n) is 3.04. The highest BCUT2D eigenvalue weighted by Gasteiger charge is 2.21. The van der Waals surface area contributed by atoms with Crippen LogP contribution >= 0.6 is 15.9 Å². The average Bonchev–Trinajstić information content (AvgIpc) is 3.09. The van der Waals surface area contributed by atoms with E-state index in [0.717, 1.165) is 28.4 Å². The van der Waals surface area contributed by atoms with Gasteiger partial charge in [0.15, 0.2) is 0 Å². The van der Waals surface area contributed by atoms with E-state index in [9.17, 15) is 0 Å². The van der Waals surface area contributed by atoms with Gasteiger partial charge >= 0.3 is 0 Å². The predicted molar refractivity (Wildman–Crippen MR) is 71.7 cm³/mol. The van der Waals surface area contributed by atoms with Crippen molar-refractivity contribution >= 4 is 15.9 Å². The number of furan rings is 1. The number of nitrogens with one attached hydrogen (secondary N) is 1. The Morgan fingerprint density at radius 1 is 1.24 bits per heavy atom. The highest BCUT2D eigenvalue weighted by Crippen LogP contribution is 2.32. The Morgan fingerprint density at radius 3 is 2.76 bits per heavy atom. The first-order valence-corrected chi connectivity index (χ1v) is 6.68. The molecule has 0 amide bonds. The highest BCUT2D eigenvalue weighted by atomic mass is 79.9. The van der Waals surface area contributed by atoms with Crippen LogP contribution in [-0.4, -0.2) is 6.04 Å². The van der Waals surface area contributed by atoms with Gasteiger partial charge in [-0.05, 0) is 40.4 Å². The van der Waals surface area contributed by atoms with Crippen molar-refractivity contribution in [1.82, 2.24) is 5.32 Å². The summed E-state index contributed by atoms with van der Waals surface area (Å²) >= 11 is 3.52. The van der Waals surface area contributed by atoms with Crippen molar-refractivity contribution in [2.75, 3.05) is 0 Å². The van der Waals surface area contributed by atoms with Crippen molar-refractivity contribution in [3.05, 3.63) is 46.6 Å². The summed E-state index contributed by atoms with van der Waals surface area (Å²) in [5.74, 6) is 0.915. The van der Waals surface area contributed by atoms with Gasteiger partial charge in [-0.15, -0.1) is 0 Å². The number of rotatable bonds is 4. The van der Waals surface area contributed by atoms with Gasteiger partial charge in [0.25, 0.3) is 0 Å². The van der Waals surface area contributed by atoms with Crippen LogP contribution in [0.1, 0.15) is 18.4 Å². The predicted octanol–water partition coefficient (Wildman–Crippen LogP) is 3.96. The molecule has 1 fully saturated rings. The lowest BCUT2D eigenvalue weighted by Crippen LogP contribution is -2.15. The van der Waals surface area contributed by atoms with E-state index < -0.39 is 0 Å². The highest BCUT2D eigenvalue weighted by molar-refractivity contribution is 9.10. The van der Waals surface area contributed by atoms with Crippen molar-refractivity contribution in [3.63, 3.8) is 0 Å². The molecule has 0 spiro atoms. The van der Waals surface area contributed by atoms with Crippen LogP contribution in [0.3, 0.4) is 0 Å². The zero-order chi connectivity index (χ0) is 11.7. The molecule has 1 aromatic carbocycles. The molecule has 1 saturated carbocycles. The second-order valence-corrected chi connectivity index (χ2v) is 5.26. The Hall–Kier alpha value is -1.06. The largest absolute Gasteiger partial charge is 0.463 e. The summed E-state index contributed by atoms with van der Waals surface area (Å²) in [4.78, 5) is 0. The molecule has 1 heterocycles. The van der Waals surface area contributed by atoms with Gasteiger partial charge in [-0.3, -0.25) is 0 Å². The van der Waals surface area contributed by atoms with E-state index in [0.29, 0.717) is 0 Å². The minimum atomic E-state index is 0.725. The van der Waals surface area contributed by atoms with Gasteiger partial charge in [0.2, 0.25) is 0 Å². The summed E-state index contributed by atoms with van der Waals surface area (Å²) in [6, 6.07) is 11.0. The smallest absolute Gasteiger partial charge is 0.148 e. The maximum absolute atomic E-state index is 5.54. The van der Waals surface area contributed by atoms with Crippen LogP contribution in [0.4, 0.5) is 0 Å². The van der Waals surface area contributed by atoms with Gasteiger partial charge in [-0.1, -0.05) is 24.3 Å². The van der Waals surface area contributed by atoms with Crippen LogP contribution in [0.5, 0.6) is 0 Å². The fourth-order valence-electron chi connectivity index (χ4n) is 1.92. The van der Waals surface area contributed by atoms with Crippen LogP contribution in [0.25, 0.3) is 11.3 Å². The molecule has 3 rings (SSSR count). The van der Waals surface area contributed by atoms with E-state index in [1.807, 2.05) is 12.1 Å². The molecule has 3 heteroatoms. The van der Waals surface area contributed by atoms with Gasteiger partial charge in [-0.25, -0.2) is 0 Å². The Kier molecular flexibility index (Phi) is 3.04. The molecule has 0 aliphatic heterocycles. The van der Waals surface area contributed by atoms with Crippen LogP contribution in [0, 0.1) is 0 Å². The summed E-state index contributed by atoms with van der Waals surface area (Å²) in [6.07, 6.45) is 4.34. The van der Waals surface area contributed by atoms with Gasteiger partial charge in [-0.2, -0.15) is 0 Å². The van der Waals surface area contributed by atoms with Crippen LogP contribution in [-0.2, 0) is 6.54 Å². The average molecular weight is 292 g/mol. The van der Waals surface area contributed by atoms with Gasteiger partial charge in [0, 0.05) is 18.2 Å². The minimum Gasteiger partial charge on any atom is -0.463 e.